The van der Waals surface area contributed by atoms with Crippen molar-refractivity contribution in [3.63, 3.8) is 0 Å². The molecule has 7 heteroatoms. The Labute approximate surface area is 237 Å². The van der Waals surface area contributed by atoms with Gasteiger partial charge in [0.15, 0.2) is 0 Å². The summed E-state index contributed by atoms with van der Waals surface area (Å²) in [5, 5.41) is 10.8. The third-order valence-corrected chi connectivity index (χ3v) is 7.04. The van der Waals surface area contributed by atoms with Crippen molar-refractivity contribution in [3.8, 4) is 5.75 Å². The Hall–Kier alpha value is -2.57. The normalized spacial score (nSPS) is 12.2. The van der Waals surface area contributed by atoms with E-state index in [9.17, 15) is 19.5 Å². The number of rotatable bonds is 10. The van der Waals surface area contributed by atoms with Crippen LogP contribution in [0.25, 0.3) is 0 Å². The van der Waals surface area contributed by atoms with Gasteiger partial charge in [-0.2, -0.15) is 0 Å². The lowest BCUT2D eigenvalue weighted by Gasteiger charge is -2.28. The van der Waals surface area contributed by atoms with Gasteiger partial charge < -0.3 is 19.3 Å². The first-order valence-electron chi connectivity index (χ1n) is 13.9. The minimum Gasteiger partial charge on any atom is -0.507 e. The zero-order valence-corrected chi connectivity index (χ0v) is 26.8. The average molecular weight is 551 g/mol. The summed E-state index contributed by atoms with van der Waals surface area (Å²) in [7, 11) is 1.42. The van der Waals surface area contributed by atoms with Gasteiger partial charge in [-0.05, 0) is 74.5 Å². The Morgan fingerprint density at radius 3 is 1.49 bits per heavy atom. The molecule has 0 bridgehead atoms. The molecule has 0 radical (unpaired) electrons. The smallest absolute Gasteiger partial charge is 0.311 e. The number of aryl methyl sites for hydroxylation is 1. The van der Waals surface area contributed by atoms with E-state index in [1.807, 2.05) is 53.7 Å². The second-order valence-electron chi connectivity index (χ2n) is 13.4. The van der Waals surface area contributed by atoms with Crippen molar-refractivity contribution in [2.24, 2.45) is 10.8 Å². The van der Waals surface area contributed by atoms with E-state index in [0.29, 0.717) is 18.6 Å². The van der Waals surface area contributed by atoms with E-state index in [1.165, 1.54) is 7.11 Å². The number of carbonyl (C=O) groups is 3. The van der Waals surface area contributed by atoms with Crippen molar-refractivity contribution in [1.29, 1.82) is 0 Å². The number of methoxy groups -OCH3 is 1. The average Bonchev–Trinajstić information content (AvgIpc) is 2.83. The van der Waals surface area contributed by atoms with Crippen molar-refractivity contribution >= 4 is 17.9 Å². The Morgan fingerprint density at radius 2 is 1.13 bits per heavy atom. The van der Waals surface area contributed by atoms with E-state index in [0.717, 1.165) is 23.1 Å². The topological polar surface area (TPSA) is 99.1 Å². The Morgan fingerprint density at radius 1 is 0.718 bits per heavy atom. The Balaban J connectivity index is 0.00000137. The van der Waals surface area contributed by atoms with Crippen molar-refractivity contribution < 1.29 is 33.7 Å². The molecule has 0 atom stereocenters. The number of phenolic OH excluding ortho intramolecular Hbond substituents is 1. The van der Waals surface area contributed by atoms with Gasteiger partial charge in [0.2, 0.25) is 0 Å². The first-order chi connectivity index (χ1) is 17.6. The third-order valence-electron chi connectivity index (χ3n) is 7.04. The fraction of sp³-hybridized carbons (Fsp3) is 0.719. The maximum atomic E-state index is 12.1. The zero-order chi connectivity index (χ0) is 30.8. The molecular formula is C32H54O7. The number of hydrogen-bond acceptors (Lipinski definition) is 7. The van der Waals surface area contributed by atoms with Crippen molar-refractivity contribution in [3.05, 3.63) is 28.8 Å². The highest BCUT2D eigenvalue weighted by Crippen LogP contribution is 2.40. The molecule has 1 rings (SSSR count). The van der Waals surface area contributed by atoms with Crippen LogP contribution in [-0.2, 0) is 45.8 Å². The molecule has 0 aromatic heterocycles. The number of benzene rings is 1. The van der Waals surface area contributed by atoms with Crippen LogP contribution < -0.4 is 0 Å². The number of esters is 3. The van der Waals surface area contributed by atoms with Crippen LogP contribution in [0.2, 0.25) is 0 Å². The van der Waals surface area contributed by atoms with Gasteiger partial charge in [0, 0.05) is 6.42 Å². The number of carbonyl (C=O) groups excluding carboxylic acids is 3. The second-order valence-corrected chi connectivity index (χ2v) is 13.4. The van der Waals surface area contributed by atoms with E-state index in [-0.39, 0.29) is 53.8 Å². The van der Waals surface area contributed by atoms with Crippen LogP contribution in [0.1, 0.15) is 119 Å². The number of ether oxygens (including phenoxy) is 3. The van der Waals surface area contributed by atoms with E-state index in [4.69, 9.17) is 9.47 Å². The standard InChI is InChI=1S/C25H40O5.C7H14O2/c1-10-25(8,9)22(28)30-14-13-29-20(26)12-11-17-15-18(23(2,3)4)21(27)19(16-17)24(5,6)7;1-5-7(2,3)6(8)9-4/h15-16,27H,10-14H2,1-9H3;5H2,1-4H3. The largest absolute Gasteiger partial charge is 0.507 e. The molecule has 0 unspecified atom stereocenters. The Kier molecular flexibility index (Phi) is 13.7. The van der Waals surface area contributed by atoms with Gasteiger partial charge in [0.25, 0.3) is 0 Å². The lowest BCUT2D eigenvalue weighted by atomic mass is 9.78. The zero-order valence-electron chi connectivity index (χ0n) is 26.8. The molecule has 39 heavy (non-hydrogen) atoms. The molecule has 0 saturated heterocycles. The first-order valence-corrected chi connectivity index (χ1v) is 13.9. The van der Waals surface area contributed by atoms with Gasteiger partial charge in [0.1, 0.15) is 19.0 Å². The molecule has 1 N–H and O–H groups in total. The summed E-state index contributed by atoms with van der Waals surface area (Å²) in [5.74, 6) is -0.416. The molecule has 0 spiro atoms. The van der Waals surface area contributed by atoms with Gasteiger partial charge in [-0.15, -0.1) is 0 Å². The summed E-state index contributed by atoms with van der Waals surface area (Å²) in [5.41, 5.74) is 1.49. The predicted octanol–water partition coefficient (Wildman–Crippen LogP) is 7.04. The molecule has 7 nitrogen and oxygen atoms in total. The van der Waals surface area contributed by atoms with Crippen molar-refractivity contribution in [2.75, 3.05) is 20.3 Å². The minimum absolute atomic E-state index is 0.0560. The highest BCUT2D eigenvalue weighted by Gasteiger charge is 2.28. The highest BCUT2D eigenvalue weighted by molar-refractivity contribution is 5.76. The fourth-order valence-corrected chi connectivity index (χ4v) is 3.35. The van der Waals surface area contributed by atoms with Gasteiger partial charge >= 0.3 is 17.9 Å². The van der Waals surface area contributed by atoms with Gasteiger partial charge in [-0.3, -0.25) is 14.4 Å². The van der Waals surface area contributed by atoms with Crippen LogP contribution in [-0.4, -0.2) is 43.3 Å². The van der Waals surface area contributed by atoms with Crippen molar-refractivity contribution in [2.45, 2.75) is 120 Å². The number of aromatic hydroxyl groups is 1. The molecule has 0 aliphatic heterocycles. The summed E-state index contributed by atoms with van der Waals surface area (Å²) in [6.45, 7) is 23.8. The maximum Gasteiger partial charge on any atom is 0.311 e. The lowest BCUT2D eigenvalue weighted by molar-refractivity contribution is -0.159. The summed E-state index contributed by atoms with van der Waals surface area (Å²) in [6, 6.07) is 3.96. The monoisotopic (exact) mass is 550 g/mol. The number of hydrogen-bond donors (Lipinski definition) is 1. The molecular weight excluding hydrogens is 496 g/mol. The molecule has 0 aliphatic carbocycles. The summed E-state index contributed by atoms with van der Waals surface area (Å²) >= 11 is 0. The maximum absolute atomic E-state index is 12.1. The van der Waals surface area contributed by atoms with Crippen LogP contribution in [0.3, 0.4) is 0 Å². The van der Waals surface area contributed by atoms with Crippen LogP contribution >= 0.6 is 0 Å². The third kappa shape index (κ3) is 12.0. The molecule has 1 aromatic rings. The molecule has 0 aliphatic rings. The quantitative estimate of drug-likeness (QED) is 0.189. The summed E-state index contributed by atoms with van der Waals surface area (Å²) in [6.07, 6.45) is 2.26. The number of phenols is 1. The second kappa shape index (κ2) is 14.7. The molecule has 0 amide bonds. The highest BCUT2D eigenvalue weighted by atomic mass is 16.6. The van der Waals surface area contributed by atoms with E-state index in [1.54, 1.807) is 0 Å². The molecule has 224 valence electrons. The van der Waals surface area contributed by atoms with Gasteiger partial charge in [-0.1, -0.05) is 67.5 Å². The van der Waals surface area contributed by atoms with E-state index < -0.39 is 5.41 Å². The first kappa shape index (κ1) is 36.4. The predicted molar refractivity (Wildman–Crippen MR) is 156 cm³/mol. The van der Waals surface area contributed by atoms with Crippen LogP contribution in [0.4, 0.5) is 0 Å². The van der Waals surface area contributed by atoms with Crippen LogP contribution in [0.15, 0.2) is 12.1 Å². The summed E-state index contributed by atoms with van der Waals surface area (Å²) in [4.78, 5) is 34.9. The van der Waals surface area contributed by atoms with Crippen LogP contribution in [0.5, 0.6) is 5.75 Å². The SMILES string of the molecule is CCC(C)(C)C(=O)OC.CCC(C)(C)C(=O)OCCOC(=O)CCc1cc(C(C)(C)C)c(O)c(C(C)(C)C)c1. The van der Waals surface area contributed by atoms with E-state index in [2.05, 4.69) is 46.3 Å². The molecule has 0 fully saturated rings. The van der Waals surface area contributed by atoms with Gasteiger partial charge in [0.05, 0.1) is 17.9 Å². The molecule has 0 saturated carbocycles. The van der Waals surface area contributed by atoms with E-state index >= 15 is 0 Å². The van der Waals surface area contributed by atoms with Gasteiger partial charge in [-0.25, -0.2) is 0 Å². The summed E-state index contributed by atoms with van der Waals surface area (Å²) < 4.78 is 15.0. The minimum atomic E-state index is -0.529. The molecule has 0 heterocycles. The van der Waals surface area contributed by atoms with Crippen LogP contribution in [0, 0.1) is 10.8 Å². The molecule has 1 aromatic carbocycles. The lowest BCUT2D eigenvalue weighted by Crippen LogP contribution is -2.27. The fourth-order valence-electron chi connectivity index (χ4n) is 3.35. The Bertz CT molecular complexity index is 925. The van der Waals surface area contributed by atoms with Crippen molar-refractivity contribution in [1.82, 2.24) is 0 Å².